The summed E-state index contributed by atoms with van der Waals surface area (Å²) in [6.07, 6.45) is 6.41. The molecule has 5 rings (SSSR count). The lowest BCUT2D eigenvalue weighted by molar-refractivity contribution is -0.140. The fourth-order valence-electron chi connectivity index (χ4n) is 5.63. The van der Waals surface area contributed by atoms with E-state index in [1.165, 1.54) is 25.3 Å². The molecule has 0 bridgehead atoms. The molecule has 0 atom stereocenters. The number of nitrogens with zero attached hydrogens (tertiary/aromatic N) is 5. The summed E-state index contributed by atoms with van der Waals surface area (Å²) in [5.74, 6) is -4.43. The molecule has 1 aliphatic carbocycles. The van der Waals surface area contributed by atoms with Gasteiger partial charge in [-0.15, -0.1) is 0 Å². The minimum absolute atomic E-state index is 0.0664. The van der Waals surface area contributed by atoms with Crippen LogP contribution in [0.4, 0.5) is 31.9 Å². The summed E-state index contributed by atoms with van der Waals surface area (Å²) >= 11 is 6.53. The Kier molecular flexibility index (Phi) is 8.01. The van der Waals surface area contributed by atoms with Crippen molar-refractivity contribution in [3.05, 3.63) is 28.9 Å². The van der Waals surface area contributed by atoms with Crippen molar-refractivity contribution < 1.29 is 23.1 Å². The maximum absolute atomic E-state index is 14.9. The highest BCUT2D eigenvalue weighted by Crippen LogP contribution is 2.40. The molecule has 1 aromatic carbocycles. The van der Waals surface area contributed by atoms with Crippen LogP contribution < -0.4 is 25.2 Å². The van der Waals surface area contributed by atoms with E-state index in [1.54, 1.807) is 12.1 Å². The minimum atomic E-state index is -3.56. The number of nitrogens with one attached hydrogen (secondary N) is 2. The molecule has 2 aromatic rings. The predicted molar refractivity (Wildman–Crippen MR) is 149 cm³/mol. The molecule has 2 fully saturated rings. The lowest BCUT2D eigenvalue weighted by Gasteiger charge is -2.31. The zero-order valence-electron chi connectivity index (χ0n) is 22.8. The number of carbonyl (C=O) groups is 2. The number of piperidine rings is 1. The van der Waals surface area contributed by atoms with Crippen LogP contribution in [-0.4, -0.2) is 85.5 Å². The Morgan fingerprint density at radius 2 is 1.85 bits per heavy atom. The molecule has 10 nitrogen and oxygen atoms in total. The molecule has 0 unspecified atom stereocenters. The number of benzene rings is 1. The van der Waals surface area contributed by atoms with E-state index in [4.69, 9.17) is 16.3 Å². The van der Waals surface area contributed by atoms with Crippen molar-refractivity contribution in [1.29, 1.82) is 0 Å². The van der Waals surface area contributed by atoms with Crippen LogP contribution in [0.3, 0.4) is 0 Å². The molecule has 1 saturated carbocycles. The van der Waals surface area contributed by atoms with Gasteiger partial charge in [-0.05, 0) is 58.0 Å². The van der Waals surface area contributed by atoms with E-state index in [2.05, 4.69) is 32.5 Å². The van der Waals surface area contributed by atoms with Crippen LogP contribution in [-0.2, 0) is 4.79 Å². The topological polar surface area (TPSA) is 103 Å². The van der Waals surface area contributed by atoms with Gasteiger partial charge in [0.1, 0.15) is 11.4 Å². The van der Waals surface area contributed by atoms with Crippen LogP contribution in [0.1, 0.15) is 48.9 Å². The van der Waals surface area contributed by atoms with E-state index >= 15 is 0 Å². The molecule has 2 N–H and O–H groups in total. The summed E-state index contributed by atoms with van der Waals surface area (Å²) in [5, 5.41) is 6.32. The first-order chi connectivity index (χ1) is 19.1. The van der Waals surface area contributed by atoms with Crippen molar-refractivity contribution in [3.63, 3.8) is 0 Å². The molecule has 3 heterocycles. The van der Waals surface area contributed by atoms with Gasteiger partial charge < -0.3 is 30.1 Å². The van der Waals surface area contributed by atoms with E-state index in [0.717, 1.165) is 56.5 Å². The number of hydrogen-bond donors (Lipinski definition) is 2. The number of alkyl halides is 2. The van der Waals surface area contributed by atoms with Crippen molar-refractivity contribution >= 4 is 46.6 Å². The van der Waals surface area contributed by atoms with E-state index in [0.29, 0.717) is 11.4 Å². The predicted octanol–water partition coefficient (Wildman–Crippen LogP) is 4.07. The smallest absolute Gasteiger partial charge is 0.342 e. The molecule has 2 aliphatic heterocycles. The van der Waals surface area contributed by atoms with Gasteiger partial charge in [0, 0.05) is 19.1 Å². The molecule has 0 radical (unpaired) electrons. The standard InChI is InChI=1S/C27H34ClF2N7O3/c1-35-10-8-16(9-11-35)32-24(38)18-12-22(40-3)20(13-19(18)28)33-26-31-14-21-23(34-26)37(17-6-4-5-7-17)15-27(29,30)25(39)36(21)2/h12-14,16-17H,4-11,15H2,1-3H3,(H,32,38)(H,31,33,34). The van der Waals surface area contributed by atoms with Crippen LogP contribution in [0.5, 0.6) is 5.75 Å². The number of fused-ring (bicyclic) bond motifs is 1. The zero-order valence-corrected chi connectivity index (χ0v) is 23.6. The Labute approximate surface area is 237 Å². The minimum Gasteiger partial charge on any atom is -0.495 e. The molecule has 2 amide bonds. The number of rotatable bonds is 6. The van der Waals surface area contributed by atoms with Crippen molar-refractivity contribution in [2.24, 2.45) is 0 Å². The van der Waals surface area contributed by atoms with Crippen LogP contribution in [0.25, 0.3) is 0 Å². The third kappa shape index (κ3) is 5.64. The third-order valence-electron chi connectivity index (χ3n) is 7.97. The van der Waals surface area contributed by atoms with E-state index in [1.807, 2.05) is 0 Å². The van der Waals surface area contributed by atoms with E-state index < -0.39 is 18.4 Å². The van der Waals surface area contributed by atoms with Gasteiger partial charge in [-0.2, -0.15) is 13.8 Å². The van der Waals surface area contributed by atoms with Gasteiger partial charge in [-0.1, -0.05) is 24.4 Å². The molecule has 13 heteroatoms. The summed E-state index contributed by atoms with van der Waals surface area (Å²) in [7, 11) is 4.83. The zero-order chi connectivity index (χ0) is 28.6. The first-order valence-corrected chi connectivity index (χ1v) is 13.9. The van der Waals surface area contributed by atoms with Gasteiger partial charge in [0.2, 0.25) is 5.95 Å². The number of amides is 2. The molecule has 40 heavy (non-hydrogen) atoms. The maximum Gasteiger partial charge on any atom is 0.342 e. The highest BCUT2D eigenvalue weighted by molar-refractivity contribution is 6.34. The number of aromatic nitrogens is 2. The van der Waals surface area contributed by atoms with E-state index in [-0.39, 0.29) is 46.0 Å². The molecular weight excluding hydrogens is 544 g/mol. The third-order valence-corrected chi connectivity index (χ3v) is 8.28. The van der Waals surface area contributed by atoms with E-state index in [9.17, 15) is 18.4 Å². The highest BCUT2D eigenvalue weighted by atomic mass is 35.5. The molecule has 0 spiro atoms. The highest BCUT2D eigenvalue weighted by Gasteiger charge is 2.48. The van der Waals surface area contributed by atoms with Crippen LogP contribution >= 0.6 is 11.6 Å². The number of methoxy groups -OCH3 is 1. The lowest BCUT2D eigenvalue weighted by atomic mass is 10.0. The van der Waals surface area contributed by atoms with Crippen LogP contribution in [0.2, 0.25) is 5.02 Å². The largest absolute Gasteiger partial charge is 0.495 e. The van der Waals surface area contributed by atoms with Crippen LogP contribution in [0.15, 0.2) is 18.3 Å². The Hall–Kier alpha value is -3.25. The number of carbonyl (C=O) groups excluding carboxylic acids is 2. The quantitative estimate of drug-likeness (QED) is 0.530. The monoisotopic (exact) mass is 577 g/mol. The SMILES string of the molecule is COc1cc(C(=O)NC2CCN(C)CC2)c(Cl)cc1Nc1ncc2c(n1)N(C1CCCC1)CC(F)(F)C(=O)N2C. The number of likely N-dealkylation sites (tertiary alicyclic amines) is 1. The second kappa shape index (κ2) is 11.3. The van der Waals surface area contributed by atoms with Crippen molar-refractivity contribution in [3.8, 4) is 5.75 Å². The maximum atomic E-state index is 14.9. The number of anilines is 4. The number of halogens is 3. The Bertz CT molecular complexity index is 1280. The first kappa shape index (κ1) is 28.3. The summed E-state index contributed by atoms with van der Waals surface area (Å²) in [6.45, 7) is 1.07. The van der Waals surface area contributed by atoms with Crippen molar-refractivity contribution in [2.45, 2.75) is 56.5 Å². The number of ether oxygens (including phenoxy) is 1. The first-order valence-electron chi connectivity index (χ1n) is 13.5. The Morgan fingerprint density at radius 3 is 2.52 bits per heavy atom. The normalized spacial score (nSPS) is 20.3. The van der Waals surface area contributed by atoms with Gasteiger partial charge in [-0.3, -0.25) is 9.59 Å². The van der Waals surface area contributed by atoms with Crippen molar-refractivity contribution in [2.75, 3.05) is 56.0 Å². The van der Waals surface area contributed by atoms with Gasteiger partial charge in [-0.25, -0.2) is 4.98 Å². The number of hydrogen-bond acceptors (Lipinski definition) is 8. The summed E-state index contributed by atoms with van der Waals surface area (Å²) in [4.78, 5) is 39.1. The van der Waals surface area contributed by atoms with Gasteiger partial charge in [0.25, 0.3) is 11.8 Å². The fourth-order valence-corrected chi connectivity index (χ4v) is 5.88. The summed E-state index contributed by atoms with van der Waals surface area (Å²) in [6, 6.07) is 3.02. The Morgan fingerprint density at radius 1 is 1.15 bits per heavy atom. The van der Waals surface area contributed by atoms with Crippen molar-refractivity contribution in [1.82, 2.24) is 20.2 Å². The summed E-state index contributed by atoms with van der Waals surface area (Å²) < 4.78 is 35.3. The van der Waals surface area contributed by atoms with Gasteiger partial charge in [0.05, 0.1) is 36.1 Å². The lowest BCUT2D eigenvalue weighted by Crippen LogP contribution is -2.48. The molecule has 3 aliphatic rings. The molecule has 216 valence electrons. The average molecular weight is 578 g/mol. The van der Waals surface area contributed by atoms with Gasteiger partial charge >= 0.3 is 5.92 Å². The fraction of sp³-hybridized carbons (Fsp3) is 0.556. The second-order valence-corrected chi connectivity index (χ2v) is 11.2. The molecular formula is C27H34ClF2N7O3. The average Bonchev–Trinajstić information content (AvgIpc) is 3.45. The summed E-state index contributed by atoms with van der Waals surface area (Å²) in [5.41, 5.74) is 0.894. The second-order valence-electron chi connectivity index (χ2n) is 10.7. The van der Waals surface area contributed by atoms with Gasteiger partial charge in [0.15, 0.2) is 5.82 Å². The molecule has 1 saturated heterocycles. The Balaban J connectivity index is 1.42. The van der Waals surface area contributed by atoms with Crippen LogP contribution in [0, 0.1) is 0 Å². The molecule has 1 aromatic heterocycles.